The van der Waals surface area contributed by atoms with E-state index in [0.717, 1.165) is 12.8 Å². The van der Waals surface area contributed by atoms with E-state index in [1.165, 1.54) is 11.4 Å². The molecule has 8 heteroatoms. The maximum atomic E-state index is 12.9. The number of aromatic nitrogens is 2. The molecule has 0 radical (unpaired) electrons. The first-order valence-electron chi connectivity index (χ1n) is 6.69. The van der Waals surface area contributed by atoms with Crippen molar-refractivity contribution in [2.24, 2.45) is 5.92 Å². The van der Waals surface area contributed by atoms with Gasteiger partial charge in [0.05, 0.1) is 11.6 Å². The fraction of sp³-hybridized carbons (Fsp3) is 0.357. The van der Waals surface area contributed by atoms with Gasteiger partial charge < -0.3 is 5.32 Å². The Bertz CT molecular complexity index is 667. The molecule has 3 rings (SSSR count). The Morgan fingerprint density at radius 3 is 2.59 bits per heavy atom. The highest BCUT2D eigenvalue weighted by atomic mass is 32.1. The smallest absolute Gasteiger partial charge is 0.342 e. The van der Waals surface area contributed by atoms with Crippen molar-refractivity contribution in [1.29, 1.82) is 0 Å². The second-order valence-electron chi connectivity index (χ2n) is 5.06. The van der Waals surface area contributed by atoms with Crippen molar-refractivity contribution < 1.29 is 18.0 Å². The van der Waals surface area contributed by atoms with Crippen LogP contribution in [0.5, 0.6) is 0 Å². The molecular weight excluding hydrogens is 315 g/mol. The maximum Gasteiger partial charge on any atom is 0.426 e. The van der Waals surface area contributed by atoms with Gasteiger partial charge in [-0.05, 0) is 36.3 Å². The molecule has 1 N–H and O–H groups in total. The summed E-state index contributed by atoms with van der Waals surface area (Å²) in [6, 6.07) is 2.39. The lowest BCUT2D eigenvalue weighted by molar-refractivity contribution is -0.134. The van der Waals surface area contributed by atoms with Crippen LogP contribution in [0.2, 0.25) is 0 Å². The first kappa shape index (κ1) is 15.0. The molecule has 22 heavy (non-hydrogen) atoms. The molecule has 0 spiro atoms. The van der Waals surface area contributed by atoms with E-state index >= 15 is 0 Å². The molecule has 1 aliphatic carbocycles. The molecule has 1 unspecified atom stereocenters. The molecule has 1 fully saturated rings. The van der Waals surface area contributed by atoms with Crippen LogP contribution in [0.25, 0.3) is 0 Å². The van der Waals surface area contributed by atoms with E-state index in [9.17, 15) is 18.0 Å². The maximum absolute atomic E-state index is 12.9. The highest BCUT2D eigenvalue weighted by Gasteiger charge is 2.39. The molecule has 1 atom stereocenters. The number of carbonyl (C=O) groups is 1. The van der Waals surface area contributed by atoms with E-state index in [2.05, 4.69) is 15.3 Å². The second kappa shape index (κ2) is 5.68. The molecule has 1 amide bonds. The SMILES string of the molecule is O=C(NC(c1ncccn1)C1CC1)c1ccsc1C(F)(F)F. The number of halogens is 3. The molecule has 0 saturated heterocycles. The zero-order valence-corrected chi connectivity index (χ0v) is 12.1. The fourth-order valence-electron chi connectivity index (χ4n) is 2.22. The van der Waals surface area contributed by atoms with Crippen LogP contribution in [0.15, 0.2) is 29.9 Å². The van der Waals surface area contributed by atoms with Gasteiger partial charge in [0.2, 0.25) is 0 Å². The summed E-state index contributed by atoms with van der Waals surface area (Å²) in [4.78, 5) is 19.5. The molecule has 1 saturated carbocycles. The van der Waals surface area contributed by atoms with Crippen LogP contribution in [0.4, 0.5) is 13.2 Å². The van der Waals surface area contributed by atoms with Crippen molar-refractivity contribution in [3.8, 4) is 0 Å². The number of thiophene rings is 1. The van der Waals surface area contributed by atoms with Crippen LogP contribution in [0.1, 0.15) is 39.9 Å². The molecule has 2 heterocycles. The van der Waals surface area contributed by atoms with E-state index in [0.29, 0.717) is 17.2 Å². The fourth-order valence-corrected chi connectivity index (χ4v) is 2.98. The van der Waals surface area contributed by atoms with Crippen LogP contribution in [0.3, 0.4) is 0 Å². The first-order chi connectivity index (χ1) is 10.5. The van der Waals surface area contributed by atoms with E-state index in [1.807, 2.05) is 0 Å². The van der Waals surface area contributed by atoms with Crippen LogP contribution < -0.4 is 5.32 Å². The number of nitrogens with one attached hydrogen (secondary N) is 1. The number of alkyl halides is 3. The van der Waals surface area contributed by atoms with Crippen LogP contribution in [-0.2, 0) is 6.18 Å². The third-order valence-corrected chi connectivity index (χ3v) is 4.37. The van der Waals surface area contributed by atoms with Crippen molar-refractivity contribution in [1.82, 2.24) is 15.3 Å². The summed E-state index contributed by atoms with van der Waals surface area (Å²) < 4.78 is 38.6. The Morgan fingerprint density at radius 1 is 1.32 bits per heavy atom. The predicted octanol–water partition coefficient (Wildman–Crippen LogP) is 3.44. The van der Waals surface area contributed by atoms with Crippen LogP contribution in [0, 0.1) is 5.92 Å². The molecule has 0 bridgehead atoms. The van der Waals surface area contributed by atoms with Gasteiger partial charge in [0.1, 0.15) is 4.88 Å². The van der Waals surface area contributed by atoms with E-state index < -0.39 is 23.0 Å². The monoisotopic (exact) mass is 327 g/mol. The van der Waals surface area contributed by atoms with Gasteiger partial charge in [-0.2, -0.15) is 13.2 Å². The minimum atomic E-state index is -4.53. The summed E-state index contributed by atoms with van der Waals surface area (Å²) in [5.74, 6) is -0.126. The summed E-state index contributed by atoms with van der Waals surface area (Å²) in [6.45, 7) is 0. The van der Waals surface area contributed by atoms with Crippen LogP contribution in [-0.4, -0.2) is 15.9 Å². The second-order valence-corrected chi connectivity index (χ2v) is 5.97. The summed E-state index contributed by atoms with van der Waals surface area (Å²) in [5, 5.41) is 3.92. The zero-order valence-electron chi connectivity index (χ0n) is 11.3. The molecule has 0 aliphatic heterocycles. The van der Waals surface area contributed by atoms with Gasteiger partial charge in [-0.1, -0.05) is 0 Å². The number of rotatable bonds is 4. The van der Waals surface area contributed by atoms with Gasteiger partial charge >= 0.3 is 6.18 Å². The lowest BCUT2D eigenvalue weighted by atomic mass is 10.1. The lowest BCUT2D eigenvalue weighted by Crippen LogP contribution is -2.32. The lowest BCUT2D eigenvalue weighted by Gasteiger charge is -2.17. The molecule has 1 aliphatic rings. The molecule has 116 valence electrons. The Kier molecular flexibility index (Phi) is 3.86. The van der Waals surface area contributed by atoms with E-state index in [-0.39, 0.29) is 11.5 Å². The molecular formula is C14H12F3N3OS. The van der Waals surface area contributed by atoms with Crippen LogP contribution >= 0.6 is 11.3 Å². The molecule has 0 aromatic carbocycles. The van der Waals surface area contributed by atoms with Crippen molar-refractivity contribution in [3.05, 3.63) is 46.2 Å². The van der Waals surface area contributed by atoms with Gasteiger partial charge in [0, 0.05) is 12.4 Å². The predicted molar refractivity (Wildman–Crippen MR) is 74.3 cm³/mol. The van der Waals surface area contributed by atoms with E-state index in [4.69, 9.17) is 0 Å². The van der Waals surface area contributed by atoms with Gasteiger partial charge in [0.15, 0.2) is 5.82 Å². The third kappa shape index (κ3) is 3.11. The van der Waals surface area contributed by atoms with E-state index in [1.54, 1.807) is 18.5 Å². The quantitative estimate of drug-likeness (QED) is 0.936. The Balaban J connectivity index is 1.82. The number of amides is 1. The van der Waals surface area contributed by atoms with Crippen molar-refractivity contribution >= 4 is 17.2 Å². The summed E-state index contributed by atoms with van der Waals surface area (Å²) in [7, 11) is 0. The highest BCUT2D eigenvalue weighted by molar-refractivity contribution is 7.10. The average molecular weight is 327 g/mol. The molecule has 2 aromatic rings. The van der Waals surface area contributed by atoms with Gasteiger partial charge in [-0.3, -0.25) is 4.79 Å². The first-order valence-corrected chi connectivity index (χ1v) is 7.57. The number of nitrogens with zero attached hydrogens (tertiary/aromatic N) is 2. The molecule has 2 aromatic heterocycles. The van der Waals surface area contributed by atoms with Gasteiger partial charge in [-0.25, -0.2) is 9.97 Å². The molecule has 4 nitrogen and oxygen atoms in total. The van der Waals surface area contributed by atoms with Crippen molar-refractivity contribution in [2.45, 2.75) is 25.1 Å². The van der Waals surface area contributed by atoms with Crippen molar-refractivity contribution in [3.63, 3.8) is 0 Å². The third-order valence-electron chi connectivity index (χ3n) is 3.41. The average Bonchev–Trinajstić information content (AvgIpc) is 3.18. The zero-order chi connectivity index (χ0) is 15.7. The van der Waals surface area contributed by atoms with Crippen molar-refractivity contribution in [2.75, 3.05) is 0 Å². The summed E-state index contributed by atoms with van der Waals surface area (Å²) in [6.07, 6.45) is 0.377. The topological polar surface area (TPSA) is 54.9 Å². The highest BCUT2D eigenvalue weighted by Crippen LogP contribution is 2.41. The Hall–Kier alpha value is -1.96. The minimum absolute atomic E-state index is 0.180. The Morgan fingerprint density at radius 2 is 2.00 bits per heavy atom. The summed E-state index contributed by atoms with van der Waals surface area (Å²) >= 11 is 0.515. The van der Waals surface area contributed by atoms with Gasteiger partial charge in [-0.15, -0.1) is 11.3 Å². The summed E-state index contributed by atoms with van der Waals surface area (Å²) in [5.41, 5.74) is -0.348. The van der Waals surface area contributed by atoms with Gasteiger partial charge in [0.25, 0.3) is 5.91 Å². The normalized spacial score (nSPS) is 16.3. The Labute approximate surface area is 128 Å². The number of hydrogen-bond acceptors (Lipinski definition) is 4. The number of hydrogen-bond donors (Lipinski definition) is 1. The minimum Gasteiger partial charge on any atom is -0.342 e. The standard InChI is InChI=1S/C14H12F3N3OS/c15-14(16,17)11-9(4-7-22-11)13(21)20-10(8-2-3-8)12-18-5-1-6-19-12/h1,4-8,10H,2-3H2,(H,20,21). The largest absolute Gasteiger partial charge is 0.426 e. The number of carbonyl (C=O) groups excluding carboxylic acids is 1.